The molecule has 0 aliphatic heterocycles. The summed E-state index contributed by atoms with van der Waals surface area (Å²) in [5, 5.41) is 11.1. The number of methoxy groups -OCH3 is 2. The van der Waals surface area contributed by atoms with Gasteiger partial charge < -0.3 is 30.3 Å². The van der Waals surface area contributed by atoms with Crippen molar-refractivity contribution in [3.8, 4) is 22.6 Å². The van der Waals surface area contributed by atoms with E-state index < -0.39 is 5.91 Å². The van der Waals surface area contributed by atoms with Crippen LogP contribution in [0.15, 0.2) is 79.0 Å². The molecule has 2 heterocycles. The summed E-state index contributed by atoms with van der Waals surface area (Å²) >= 11 is 0. The summed E-state index contributed by atoms with van der Waals surface area (Å²) in [5.74, 6) is 1.69. The molecule has 5 rings (SSSR count). The van der Waals surface area contributed by atoms with E-state index in [-0.39, 0.29) is 22.8 Å². The van der Waals surface area contributed by atoms with E-state index in [2.05, 4.69) is 20.9 Å². The zero-order valence-electron chi connectivity index (χ0n) is 30.3. The molecule has 2 amide bonds. The van der Waals surface area contributed by atoms with E-state index in [1.54, 1.807) is 55.6 Å². The number of hydrogen-bond acceptors (Lipinski definition) is 9. The quantitative estimate of drug-likeness (QED) is 0.116. The van der Waals surface area contributed by atoms with E-state index in [0.717, 1.165) is 16.3 Å². The van der Waals surface area contributed by atoms with Crippen molar-refractivity contribution in [2.24, 2.45) is 5.41 Å². The van der Waals surface area contributed by atoms with Gasteiger partial charge in [0.2, 0.25) is 0 Å². The number of nitrogens with zero attached hydrogens (tertiary/aromatic N) is 3. The maximum absolute atomic E-state index is 14.0. The van der Waals surface area contributed by atoms with Crippen molar-refractivity contribution in [2.75, 3.05) is 50.4 Å². The maximum atomic E-state index is 14.0. The van der Waals surface area contributed by atoms with Gasteiger partial charge in [-0.25, -0.2) is 9.97 Å². The van der Waals surface area contributed by atoms with E-state index in [1.165, 1.54) is 6.92 Å². The molecule has 0 unspecified atom stereocenters. The minimum atomic E-state index is -0.450. The topological polar surface area (TPSA) is 135 Å². The van der Waals surface area contributed by atoms with Crippen LogP contribution in [0.1, 0.15) is 64.5 Å². The molecule has 0 saturated carbocycles. The van der Waals surface area contributed by atoms with Gasteiger partial charge in [0.1, 0.15) is 28.8 Å². The first-order valence-corrected chi connectivity index (χ1v) is 16.5. The summed E-state index contributed by atoms with van der Waals surface area (Å²) in [6.45, 7) is 8.48. The molecule has 0 fully saturated rings. The Morgan fingerprint density at radius 1 is 0.843 bits per heavy atom. The van der Waals surface area contributed by atoms with Crippen LogP contribution in [0.4, 0.5) is 17.3 Å². The minimum Gasteiger partial charge on any atom is -0.497 e. The number of aromatic nitrogens is 2. The zero-order valence-corrected chi connectivity index (χ0v) is 30.3. The van der Waals surface area contributed by atoms with Crippen LogP contribution < -0.4 is 30.3 Å². The Bertz CT molecular complexity index is 2100. The number of fused-ring (bicyclic) bond motifs is 1. The van der Waals surface area contributed by atoms with Crippen molar-refractivity contribution in [3.63, 3.8) is 0 Å². The number of Topliss-reactive ketones (excluding diaryl/α,β-unsaturated/α-hetero) is 1. The number of nitrogens with one attached hydrogen (secondary N) is 3. The Kier molecular flexibility index (Phi) is 10.9. The first-order valence-electron chi connectivity index (χ1n) is 16.5. The largest absolute Gasteiger partial charge is 0.497 e. The molecule has 264 valence electrons. The standard InChI is InChI=1S/C40H44N6O5/c1-24(47)33-20-26(38(48)43-23-40(2,3)4)10-13-31(33)32-15-16-35(46(5)6)45-36(32)39(49)44-28-11-14-30-25(19-28)17-18-41-37(30)42-22-27-9-12-29(50-7)21-34(27)51-8/h9-21H,22-23H2,1-8H3,(H,41,42)(H,43,48)(H,44,49). The summed E-state index contributed by atoms with van der Waals surface area (Å²) in [6, 6.07) is 21.6. The number of benzene rings is 3. The molecular formula is C40H44N6O5. The van der Waals surface area contributed by atoms with E-state index in [4.69, 9.17) is 14.5 Å². The van der Waals surface area contributed by atoms with Crippen molar-refractivity contribution in [2.45, 2.75) is 34.2 Å². The fourth-order valence-electron chi connectivity index (χ4n) is 5.51. The number of pyridine rings is 2. The molecule has 0 spiro atoms. The predicted octanol–water partition coefficient (Wildman–Crippen LogP) is 7.22. The smallest absolute Gasteiger partial charge is 0.274 e. The lowest BCUT2D eigenvalue weighted by atomic mass is 9.93. The van der Waals surface area contributed by atoms with Gasteiger partial charge >= 0.3 is 0 Å². The summed E-state index contributed by atoms with van der Waals surface area (Å²) in [7, 11) is 6.90. The second-order valence-electron chi connectivity index (χ2n) is 13.6. The highest BCUT2D eigenvalue weighted by molar-refractivity contribution is 6.11. The predicted molar refractivity (Wildman–Crippen MR) is 202 cm³/mol. The molecule has 0 aliphatic rings. The van der Waals surface area contributed by atoms with Gasteiger partial charge in [-0.05, 0) is 84.0 Å². The summed E-state index contributed by atoms with van der Waals surface area (Å²) in [4.78, 5) is 50.9. The first-order chi connectivity index (χ1) is 24.3. The summed E-state index contributed by atoms with van der Waals surface area (Å²) in [6.07, 6.45) is 1.71. The van der Waals surface area contributed by atoms with Crippen LogP contribution in [0, 0.1) is 5.41 Å². The van der Waals surface area contributed by atoms with E-state index >= 15 is 0 Å². The third kappa shape index (κ3) is 8.61. The van der Waals surface area contributed by atoms with Crippen molar-refractivity contribution < 1.29 is 23.9 Å². The molecule has 3 N–H and O–H groups in total. The molecule has 3 aromatic carbocycles. The summed E-state index contributed by atoms with van der Waals surface area (Å²) < 4.78 is 10.9. The SMILES string of the molecule is COc1ccc(CNc2nccc3cc(NC(=O)c4nc(N(C)C)ccc4-c4ccc(C(=O)NCC(C)(C)C)cc4C(C)=O)ccc23)c(OC)c1. The number of hydrogen-bond donors (Lipinski definition) is 3. The van der Waals surface area contributed by atoms with Gasteiger partial charge in [0, 0.05) is 72.8 Å². The third-order valence-corrected chi connectivity index (χ3v) is 8.25. The number of amides is 2. The van der Waals surface area contributed by atoms with Crippen molar-refractivity contribution in [1.29, 1.82) is 0 Å². The van der Waals surface area contributed by atoms with Gasteiger partial charge in [0.25, 0.3) is 11.8 Å². The average Bonchev–Trinajstić information content (AvgIpc) is 3.11. The Morgan fingerprint density at radius 2 is 1.61 bits per heavy atom. The van der Waals surface area contributed by atoms with E-state index in [1.807, 2.05) is 77.3 Å². The highest BCUT2D eigenvalue weighted by atomic mass is 16.5. The van der Waals surface area contributed by atoms with Crippen LogP contribution in [0.25, 0.3) is 21.9 Å². The lowest BCUT2D eigenvalue weighted by molar-refractivity contribution is 0.0938. The number of anilines is 3. The number of rotatable bonds is 12. The third-order valence-electron chi connectivity index (χ3n) is 8.25. The van der Waals surface area contributed by atoms with E-state index in [0.29, 0.717) is 64.2 Å². The summed E-state index contributed by atoms with van der Waals surface area (Å²) in [5.41, 5.74) is 3.19. The average molecular weight is 689 g/mol. The Hall–Kier alpha value is -5.97. The van der Waals surface area contributed by atoms with Crippen LogP contribution in [-0.2, 0) is 6.54 Å². The second kappa shape index (κ2) is 15.3. The Balaban J connectivity index is 1.44. The molecule has 0 saturated heterocycles. The number of ketones is 1. The number of carbonyl (C=O) groups is 3. The van der Waals surface area contributed by atoms with Crippen LogP contribution in [-0.4, -0.2) is 62.4 Å². The molecular weight excluding hydrogens is 644 g/mol. The highest BCUT2D eigenvalue weighted by Crippen LogP contribution is 2.32. The molecule has 11 nitrogen and oxygen atoms in total. The van der Waals surface area contributed by atoms with Crippen LogP contribution in [0.3, 0.4) is 0 Å². The monoisotopic (exact) mass is 688 g/mol. The maximum Gasteiger partial charge on any atom is 0.274 e. The number of carbonyl (C=O) groups excluding carboxylic acids is 3. The molecule has 5 aromatic rings. The van der Waals surface area contributed by atoms with E-state index in [9.17, 15) is 14.4 Å². The molecule has 2 aromatic heterocycles. The molecule has 0 bridgehead atoms. The molecule has 51 heavy (non-hydrogen) atoms. The van der Waals surface area contributed by atoms with Gasteiger partial charge in [-0.3, -0.25) is 14.4 Å². The van der Waals surface area contributed by atoms with Gasteiger partial charge in [-0.1, -0.05) is 26.8 Å². The first kappa shape index (κ1) is 36.3. The lowest BCUT2D eigenvalue weighted by Crippen LogP contribution is -2.32. The van der Waals surface area contributed by atoms with Gasteiger partial charge in [-0.15, -0.1) is 0 Å². The molecule has 11 heteroatoms. The molecule has 0 aliphatic carbocycles. The lowest BCUT2D eigenvalue weighted by Gasteiger charge is -2.19. The Morgan fingerprint density at radius 3 is 2.29 bits per heavy atom. The molecule has 0 radical (unpaired) electrons. The van der Waals surface area contributed by atoms with Gasteiger partial charge in [-0.2, -0.15) is 0 Å². The highest BCUT2D eigenvalue weighted by Gasteiger charge is 2.22. The van der Waals surface area contributed by atoms with Crippen LogP contribution in [0.2, 0.25) is 0 Å². The van der Waals surface area contributed by atoms with Crippen LogP contribution >= 0.6 is 0 Å². The fraction of sp³-hybridized carbons (Fsp3) is 0.275. The fourth-order valence-corrected chi connectivity index (χ4v) is 5.51. The van der Waals surface area contributed by atoms with Gasteiger partial charge in [0.15, 0.2) is 5.78 Å². The van der Waals surface area contributed by atoms with Crippen molar-refractivity contribution in [1.82, 2.24) is 15.3 Å². The van der Waals surface area contributed by atoms with Crippen LogP contribution in [0.5, 0.6) is 11.5 Å². The minimum absolute atomic E-state index is 0.102. The Labute approximate surface area is 298 Å². The zero-order chi connectivity index (χ0) is 36.9. The van der Waals surface area contributed by atoms with Gasteiger partial charge in [0.05, 0.1) is 14.2 Å². The van der Waals surface area contributed by atoms with Crippen molar-refractivity contribution >= 4 is 45.7 Å². The molecule has 0 atom stereocenters. The number of ether oxygens (including phenoxy) is 2. The second-order valence-corrected chi connectivity index (χ2v) is 13.6. The normalized spacial score (nSPS) is 11.1. The van der Waals surface area contributed by atoms with Crippen molar-refractivity contribution in [3.05, 3.63) is 101 Å².